The van der Waals surface area contributed by atoms with Crippen LogP contribution in [-0.4, -0.2) is 31.5 Å². The van der Waals surface area contributed by atoms with E-state index >= 15 is 0 Å². The maximum Gasteiger partial charge on any atom is 0.112 e. The Balaban J connectivity index is 2.30. The third-order valence-electron chi connectivity index (χ3n) is 3.69. The lowest BCUT2D eigenvalue weighted by atomic mass is 9.93. The highest BCUT2D eigenvalue weighted by atomic mass is 16.3. The van der Waals surface area contributed by atoms with Crippen molar-refractivity contribution in [2.75, 3.05) is 0 Å². The average Bonchev–Trinajstić information content (AvgIpc) is 2.67. The highest BCUT2D eigenvalue weighted by Gasteiger charge is 2.29. The fourth-order valence-electron chi connectivity index (χ4n) is 2.01. The van der Waals surface area contributed by atoms with Gasteiger partial charge in [0.25, 0.3) is 0 Å². The van der Waals surface area contributed by atoms with Gasteiger partial charge in [0.05, 0.1) is 22.7 Å². The number of aromatic nitrogens is 2. The third-order valence-corrected chi connectivity index (χ3v) is 3.69. The van der Waals surface area contributed by atoms with Gasteiger partial charge in [0.2, 0.25) is 0 Å². The smallest absolute Gasteiger partial charge is 0.112 e. The molecule has 1 aromatic heterocycles. The van der Waals surface area contributed by atoms with Crippen LogP contribution in [0.25, 0.3) is 11.0 Å². The van der Waals surface area contributed by atoms with Crippen molar-refractivity contribution in [2.45, 2.75) is 38.4 Å². The predicted octanol–water partition coefficient (Wildman–Crippen LogP) is 1.64. The number of benzene rings is 1. The lowest BCUT2D eigenvalue weighted by Crippen LogP contribution is -2.40. The molecule has 98 valence electrons. The van der Waals surface area contributed by atoms with E-state index in [1.165, 1.54) is 0 Å². The molecule has 0 fully saturated rings. The molecule has 0 saturated heterocycles. The zero-order valence-electron chi connectivity index (χ0n) is 11.1. The first-order valence-corrected chi connectivity index (χ1v) is 6.26. The lowest BCUT2D eigenvalue weighted by molar-refractivity contribution is -0.0639. The van der Waals surface area contributed by atoms with Crippen LogP contribution in [0.2, 0.25) is 0 Å². The Morgan fingerprint density at radius 1 is 1.39 bits per heavy atom. The summed E-state index contributed by atoms with van der Waals surface area (Å²) in [6.45, 7) is 3.51. The average molecular weight is 248 g/mol. The first-order valence-electron chi connectivity index (χ1n) is 6.26. The molecule has 2 N–H and O–H groups in total. The number of hydrogen-bond donors (Lipinski definition) is 2. The number of imidazole rings is 1. The van der Waals surface area contributed by atoms with Crippen molar-refractivity contribution in [3.8, 4) is 0 Å². The standard InChI is InChI=1S/C14H20N2O2/c1-4-14(2,18)12(17)9-13-15-10-7-5-6-8-11(10)16(13)3/h5-8,12,17-18H,4,9H2,1-3H3. The summed E-state index contributed by atoms with van der Waals surface area (Å²) in [5.74, 6) is 0.789. The van der Waals surface area contributed by atoms with Crippen LogP contribution in [0, 0.1) is 0 Å². The maximum atomic E-state index is 10.1. The van der Waals surface area contributed by atoms with Gasteiger partial charge in [0.1, 0.15) is 5.82 Å². The van der Waals surface area contributed by atoms with Crippen molar-refractivity contribution in [2.24, 2.45) is 7.05 Å². The molecule has 2 aromatic rings. The second-order valence-corrected chi connectivity index (χ2v) is 5.01. The molecular weight excluding hydrogens is 228 g/mol. The summed E-state index contributed by atoms with van der Waals surface area (Å²) in [5.41, 5.74) is 0.882. The van der Waals surface area contributed by atoms with Crippen LogP contribution >= 0.6 is 0 Å². The molecule has 0 saturated carbocycles. The summed E-state index contributed by atoms with van der Waals surface area (Å²) < 4.78 is 1.96. The number of aryl methyl sites for hydroxylation is 1. The van der Waals surface area contributed by atoms with Gasteiger partial charge in [-0.2, -0.15) is 0 Å². The van der Waals surface area contributed by atoms with E-state index in [1.54, 1.807) is 6.92 Å². The van der Waals surface area contributed by atoms with E-state index in [0.29, 0.717) is 12.8 Å². The highest BCUT2D eigenvalue weighted by molar-refractivity contribution is 5.75. The first-order chi connectivity index (χ1) is 8.45. The van der Waals surface area contributed by atoms with Gasteiger partial charge in [-0.3, -0.25) is 0 Å². The van der Waals surface area contributed by atoms with E-state index in [0.717, 1.165) is 16.9 Å². The topological polar surface area (TPSA) is 58.3 Å². The molecular formula is C14H20N2O2. The lowest BCUT2D eigenvalue weighted by Gasteiger charge is -2.27. The van der Waals surface area contributed by atoms with Crippen LogP contribution in [0.4, 0.5) is 0 Å². The van der Waals surface area contributed by atoms with Crippen LogP contribution in [0.1, 0.15) is 26.1 Å². The summed E-state index contributed by atoms with van der Waals surface area (Å²) in [5, 5.41) is 20.1. The van der Waals surface area contributed by atoms with E-state index in [9.17, 15) is 10.2 Å². The molecule has 0 spiro atoms. The summed E-state index contributed by atoms with van der Waals surface area (Å²) in [6, 6.07) is 7.85. The molecule has 1 heterocycles. The van der Waals surface area contributed by atoms with Crippen LogP contribution in [0.15, 0.2) is 24.3 Å². The van der Waals surface area contributed by atoms with E-state index in [1.807, 2.05) is 42.8 Å². The molecule has 0 aliphatic carbocycles. The van der Waals surface area contributed by atoms with Crippen molar-refractivity contribution in [3.63, 3.8) is 0 Å². The second-order valence-electron chi connectivity index (χ2n) is 5.01. The molecule has 18 heavy (non-hydrogen) atoms. The molecule has 0 aliphatic heterocycles. The van der Waals surface area contributed by atoms with Crippen LogP contribution in [0.3, 0.4) is 0 Å². The number of aliphatic hydroxyl groups excluding tert-OH is 1. The molecule has 4 nitrogen and oxygen atoms in total. The van der Waals surface area contributed by atoms with Crippen molar-refractivity contribution >= 4 is 11.0 Å². The summed E-state index contributed by atoms with van der Waals surface area (Å²) in [4.78, 5) is 4.49. The molecule has 0 radical (unpaired) electrons. The normalized spacial score (nSPS) is 16.7. The minimum Gasteiger partial charge on any atom is -0.390 e. The molecule has 4 heteroatoms. The van der Waals surface area contributed by atoms with E-state index in [-0.39, 0.29) is 0 Å². The zero-order chi connectivity index (χ0) is 13.3. The van der Waals surface area contributed by atoms with E-state index in [2.05, 4.69) is 4.98 Å². The highest BCUT2D eigenvalue weighted by Crippen LogP contribution is 2.20. The Hall–Kier alpha value is -1.39. The SMILES string of the molecule is CCC(C)(O)C(O)Cc1nc2ccccc2n1C. The molecule has 0 amide bonds. The van der Waals surface area contributed by atoms with E-state index < -0.39 is 11.7 Å². The largest absolute Gasteiger partial charge is 0.390 e. The van der Waals surface area contributed by atoms with Gasteiger partial charge in [-0.1, -0.05) is 19.1 Å². The van der Waals surface area contributed by atoms with Crippen molar-refractivity contribution in [1.29, 1.82) is 0 Å². The minimum absolute atomic E-state index is 0.353. The van der Waals surface area contributed by atoms with Gasteiger partial charge in [-0.05, 0) is 25.5 Å². The van der Waals surface area contributed by atoms with Crippen molar-refractivity contribution in [1.82, 2.24) is 9.55 Å². The number of fused-ring (bicyclic) bond motifs is 1. The Morgan fingerprint density at radius 2 is 2.06 bits per heavy atom. The van der Waals surface area contributed by atoms with Gasteiger partial charge in [-0.15, -0.1) is 0 Å². The van der Waals surface area contributed by atoms with Gasteiger partial charge in [0, 0.05) is 13.5 Å². The first kappa shape index (κ1) is 13.1. The number of nitrogens with zero attached hydrogens (tertiary/aromatic N) is 2. The monoisotopic (exact) mass is 248 g/mol. The van der Waals surface area contributed by atoms with Crippen LogP contribution in [-0.2, 0) is 13.5 Å². The molecule has 0 bridgehead atoms. The number of rotatable bonds is 4. The van der Waals surface area contributed by atoms with Gasteiger partial charge in [0.15, 0.2) is 0 Å². The minimum atomic E-state index is -1.07. The Kier molecular flexibility index (Phi) is 3.41. The number of hydrogen-bond acceptors (Lipinski definition) is 3. The van der Waals surface area contributed by atoms with Gasteiger partial charge in [-0.25, -0.2) is 4.98 Å². The summed E-state index contributed by atoms with van der Waals surface area (Å²) in [6.07, 6.45) is 0.0578. The zero-order valence-corrected chi connectivity index (χ0v) is 11.1. The quantitative estimate of drug-likeness (QED) is 0.864. The summed E-state index contributed by atoms with van der Waals surface area (Å²) >= 11 is 0. The molecule has 2 unspecified atom stereocenters. The predicted molar refractivity (Wildman–Crippen MR) is 71.3 cm³/mol. The maximum absolute atomic E-state index is 10.1. The Labute approximate surface area is 107 Å². The summed E-state index contributed by atoms with van der Waals surface area (Å²) in [7, 11) is 1.93. The number of aliphatic hydroxyl groups is 2. The number of para-hydroxylation sites is 2. The van der Waals surface area contributed by atoms with E-state index in [4.69, 9.17) is 0 Å². The van der Waals surface area contributed by atoms with Crippen LogP contribution < -0.4 is 0 Å². The van der Waals surface area contributed by atoms with Crippen molar-refractivity contribution < 1.29 is 10.2 Å². The Bertz CT molecular complexity index is 546. The van der Waals surface area contributed by atoms with Gasteiger partial charge < -0.3 is 14.8 Å². The fourth-order valence-corrected chi connectivity index (χ4v) is 2.01. The fraction of sp³-hybridized carbons (Fsp3) is 0.500. The molecule has 0 aliphatic rings. The third kappa shape index (κ3) is 2.26. The Morgan fingerprint density at radius 3 is 2.67 bits per heavy atom. The van der Waals surface area contributed by atoms with Crippen LogP contribution in [0.5, 0.6) is 0 Å². The van der Waals surface area contributed by atoms with Crippen molar-refractivity contribution in [3.05, 3.63) is 30.1 Å². The molecule has 1 aromatic carbocycles. The second kappa shape index (κ2) is 4.71. The molecule has 2 atom stereocenters. The molecule has 2 rings (SSSR count). The van der Waals surface area contributed by atoms with Gasteiger partial charge >= 0.3 is 0 Å².